The molecule has 0 aliphatic rings. The predicted molar refractivity (Wildman–Crippen MR) is 71.5 cm³/mol. The van der Waals surface area contributed by atoms with Crippen molar-refractivity contribution in [3.63, 3.8) is 0 Å². The molecular weight excluding hydrogens is 288 g/mol. The number of hydrogen-bond acceptors (Lipinski definition) is 4. The van der Waals surface area contributed by atoms with Crippen LogP contribution in [0.5, 0.6) is 0 Å². The minimum Gasteiger partial charge on any atom is -0.361 e. The highest BCUT2D eigenvalue weighted by Gasteiger charge is 2.15. The molecule has 0 spiro atoms. The highest BCUT2D eigenvalue weighted by molar-refractivity contribution is 7.89. The van der Waals surface area contributed by atoms with Crippen molar-refractivity contribution in [1.82, 2.24) is 9.88 Å². The molecule has 2 aromatic rings. The van der Waals surface area contributed by atoms with Gasteiger partial charge in [0.1, 0.15) is 5.76 Å². The van der Waals surface area contributed by atoms with Crippen LogP contribution >= 0.6 is 11.6 Å². The van der Waals surface area contributed by atoms with Crippen molar-refractivity contribution < 1.29 is 12.9 Å². The van der Waals surface area contributed by atoms with Gasteiger partial charge in [0.25, 0.3) is 0 Å². The van der Waals surface area contributed by atoms with Crippen LogP contribution < -0.4 is 4.72 Å². The number of aryl methyl sites for hydroxylation is 2. The maximum Gasteiger partial charge on any atom is 0.240 e. The van der Waals surface area contributed by atoms with Gasteiger partial charge in [0, 0.05) is 11.1 Å². The van der Waals surface area contributed by atoms with Crippen LogP contribution in [0, 0.1) is 13.8 Å². The minimum absolute atomic E-state index is 0.0746. The fourth-order valence-electron chi connectivity index (χ4n) is 1.49. The Morgan fingerprint density at radius 3 is 2.63 bits per heavy atom. The van der Waals surface area contributed by atoms with Crippen LogP contribution in [0.15, 0.2) is 33.7 Å². The molecule has 0 unspecified atom stereocenters. The zero-order valence-corrected chi connectivity index (χ0v) is 12.0. The Bertz CT molecular complexity index is 695. The minimum atomic E-state index is -3.60. The third-order valence-electron chi connectivity index (χ3n) is 2.57. The van der Waals surface area contributed by atoms with Crippen molar-refractivity contribution in [3.8, 4) is 0 Å². The molecule has 0 atom stereocenters. The van der Waals surface area contributed by atoms with E-state index in [0.29, 0.717) is 16.5 Å². The van der Waals surface area contributed by atoms with E-state index in [1.54, 1.807) is 19.1 Å². The molecule has 0 fully saturated rings. The van der Waals surface area contributed by atoms with Crippen LogP contribution in [0.3, 0.4) is 0 Å². The highest BCUT2D eigenvalue weighted by Crippen LogP contribution is 2.20. The second-order valence-corrected chi connectivity index (χ2v) is 6.34. The molecule has 1 N–H and O–H groups in total. The summed E-state index contributed by atoms with van der Waals surface area (Å²) in [7, 11) is -3.60. The van der Waals surface area contributed by atoms with E-state index in [4.69, 9.17) is 16.1 Å². The number of aromatic nitrogens is 1. The molecule has 102 valence electrons. The van der Waals surface area contributed by atoms with E-state index in [2.05, 4.69) is 9.88 Å². The highest BCUT2D eigenvalue weighted by atomic mass is 35.5. The summed E-state index contributed by atoms with van der Waals surface area (Å²) in [5.74, 6) is 0.632. The maximum atomic E-state index is 12.0. The van der Waals surface area contributed by atoms with Gasteiger partial charge < -0.3 is 4.52 Å². The second kappa shape index (κ2) is 5.32. The van der Waals surface area contributed by atoms with E-state index >= 15 is 0 Å². The molecule has 1 heterocycles. The van der Waals surface area contributed by atoms with Gasteiger partial charge in [0.15, 0.2) is 0 Å². The van der Waals surface area contributed by atoms with Crippen LogP contribution in [-0.4, -0.2) is 13.6 Å². The molecule has 2 rings (SSSR count). The smallest absolute Gasteiger partial charge is 0.240 e. The first-order chi connectivity index (χ1) is 8.88. The lowest BCUT2D eigenvalue weighted by atomic mass is 10.2. The van der Waals surface area contributed by atoms with Gasteiger partial charge in [0.2, 0.25) is 10.0 Å². The molecule has 0 aliphatic carbocycles. The molecule has 5 nitrogen and oxygen atoms in total. The van der Waals surface area contributed by atoms with E-state index in [-0.39, 0.29) is 11.4 Å². The molecule has 1 aromatic carbocycles. The molecule has 19 heavy (non-hydrogen) atoms. The molecule has 0 bridgehead atoms. The molecular formula is C12H13ClN2O3S. The van der Waals surface area contributed by atoms with Crippen LogP contribution in [-0.2, 0) is 16.6 Å². The zero-order valence-electron chi connectivity index (χ0n) is 10.5. The molecule has 0 amide bonds. The van der Waals surface area contributed by atoms with E-state index in [0.717, 1.165) is 5.56 Å². The van der Waals surface area contributed by atoms with Gasteiger partial charge in [-0.3, -0.25) is 0 Å². The molecule has 7 heteroatoms. The normalized spacial score (nSPS) is 11.7. The number of halogens is 1. The van der Waals surface area contributed by atoms with Gasteiger partial charge in [-0.1, -0.05) is 22.8 Å². The lowest BCUT2D eigenvalue weighted by molar-refractivity contribution is 0.390. The monoisotopic (exact) mass is 300 g/mol. The number of nitrogens with zero attached hydrogens (tertiary/aromatic N) is 1. The molecule has 1 aromatic heterocycles. The van der Waals surface area contributed by atoms with Crippen LogP contribution in [0.25, 0.3) is 0 Å². The third-order valence-corrected chi connectivity index (χ3v) is 4.38. The quantitative estimate of drug-likeness (QED) is 0.941. The lowest BCUT2D eigenvalue weighted by Gasteiger charge is -2.06. The van der Waals surface area contributed by atoms with Gasteiger partial charge in [0.05, 0.1) is 17.1 Å². The van der Waals surface area contributed by atoms with Crippen molar-refractivity contribution >= 4 is 21.6 Å². The number of nitrogens with one attached hydrogen (secondary N) is 1. The first-order valence-electron chi connectivity index (χ1n) is 5.56. The van der Waals surface area contributed by atoms with Gasteiger partial charge in [-0.25, -0.2) is 13.1 Å². The average Bonchev–Trinajstić information content (AvgIpc) is 2.76. The Morgan fingerprint density at radius 1 is 1.32 bits per heavy atom. The summed E-state index contributed by atoms with van der Waals surface area (Å²) in [6.45, 7) is 3.63. The Labute approximate surface area is 116 Å². The Hall–Kier alpha value is -1.37. The van der Waals surface area contributed by atoms with E-state index in [9.17, 15) is 8.42 Å². The number of rotatable bonds is 4. The van der Waals surface area contributed by atoms with E-state index in [1.165, 1.54) is 12.1 Å². The fraction of sp³-hybridized carbons (Fsp3) is 0.250. The molecule has 0 saturated heterocycles. The van der Waals surface area contributed by atoms with Crippen molar-refractivity contribution in [1.29, 1.82) is 0 Å². The predicted octanol–water partition coefficient (Wildman–Crippen LogP) is 2.42. The van der Waals surface area contributed by atoms with Gasteiger partial charge in [-0.2, -0.15) is 0 Å². The van der Waals surface area contributed by atoms with Crippen molar-refractivity contribution in [3.05, 3.63) is 46.3 Å². The van der Waals surface area contributed by atoms with E-state index < -0.39 is 10.0 Å². The third kappa shape index (κ3) is 3.34. The topological polar surface area (TPSA) is 72.2 Å². The molecule has 0 saturated carbocycles. The largest absolute Gasteiger partial charge is 0.361 e. The van der Waals surface area contributed by atoms with Crippen LogP contribution in [0.4, 0.5) is 0 Å². The van der Waals surface area contributed by atoms with Gasteiger partial charge in [-0.15, -0.1) is 0 Å². The number of hydrogen-bond donors (Lipinski definition) is 1. The second-order valence-electron chi connectivity index (χ2n) is 4.16. The van der Waals surface area contributed by atoms with Crippen molar-refractivity contribution in [2.75, 3.05) is 0 Å². The maximum absolute atomic E-state index is 12.0. The van der Waals surface area contributed by atoms with E-state index in [1.807, 2.05) is 6.92 Å². The SMILES string of the molecule is Cc1cc(CNS(=O)(=O)c2ccc(C)c(Cl)c2)no1. The number of benzene rings is 1. The van der Waals surface area contributed by atoms with Crippen molar-refractivity contribution in [2.24, 2.45) is 0 Å². The summed E-state index contributed by atoms with van der Waals surface area (Å²) in [6, 6.07) is 6.27. The summed E-state index contributed by atoms with van der Waals surface area (Å²) in [5.41, 5.74) is 1.35. The summed E-state index contributed by atoms with van der Waals surface area (Å²) < 4.78 is 31.4. The Kier molecular flexibility index (Phi) is 3.93. The van der Waals surface area contributed by atoms with Crippen LogP contribution in [0.1, 0.15) is 17.0 Å². The number of sulfonamides is 1. The molecule has 0 radical (unpaired) electrons. The summed E-state index contributed by atoms with van der Waals surface area (Å²) >= 11 is 5.92. The van der Waals surface area contributed by atoms with Crippen LogP contribution in [0.2, 0.25) is 5.02 Å². The van der Waals surface area contributed by atoms with Gasteiger partial charge >= 0.3 is 0 Å². The first-order valence-corrected chi connectivity index (χ1v) is 7.42. The average molecular weight is 301 g/mol. The zero-order chi connectivity index (χ0) is 14.0. The fourth-order valence-corrected chi connectivity index (χ4v) is 2.76. The molecule has 0 aliphatic heterocycles. The first kappa shape index (κ1) is 14.0. The summed E-state index contributed by atoms with van der Waals surface area (Å²) in [6.07, 6.45) is 0. The Morgan fingerprint density at radius 2 is 2.05 bits per heavy atom. The van der Waals surface area contributed by atoms with Gasteiger partial charge in [-0.05, 0) is 31.5 Å². The summed E-state index contributed by atoms with van der Waals surface area (Å²) in [4.78, 5) is 0.128. The summed E-state index contributed by atoms with van der Waals surface area (Å²) in [5, 5.41) is 4.13. The lowest BCUT2D eigenvalue weighted by Crippen LogP contribution is -2.23. The Balaban J connectivity index is 2.16. The van der Waals surface area contributed by atoms with Crippen molar-refractivity contribution in [2.45, 2.75) is 25.3 Å². The standard InChI is InChI=1S/C12H13ClN2O3S/c1-8-3-4-11(6-12(8)13)19(16,17)14-7-10-5-9(2)18-15-10/h3-6,14H,7H2,1-2H3.